The van der Waals surface area contributed by atoms with Crippen molar-refractivity contribution in [1.82, 2.24) is 4.72 Å². The van der Waals surface area contributed by atoms with E-state index < -0.39 is 26.7 Å². The van der Waals surface area contributed by atoms with Gasteiger partial charge in [-0.15, -0.1) is 0 Å². The van der Waals surface area contributed by atoms with Crippen molar-refractivity contribution >= 4 is 21.7 Å². The Morgan fingerprint density at radius 2 is 1.69 bits per heavy atom. The van der Waals surface area contributed by atoms with E-state index in [0.717, 1.165) is 78.2 Å². The number of carbonyl (C=O) groups excluding carboxylic acids is 1. The Morgan fingerprint density at radius 1 is 1.06 bits per heavy atom. The van der Waals surface area contributed by atoms with Crippen LogP contribution in [-0.4, -0.2) is 19.6 Å². The summed E-state index contributed by atoms with van der Waals surface area (Å²) in [6.07, 6.45) is 6.30. The van der Waals surface area contributed by atoms with Gasteiger partial charge in [0.15, 0.2) is 0 Å². The molecular formula is C27H27N3O5S. The molecule has 1 aromatic heterocycles. The number of carbonyl (C=O) groups is 1. The van der Waals surface area contributed by atoms with E-state index in [1.807, 2.05) is 22.9 Å². The molecule has 0 radical (unpaired) electrons. The summed E-state index contributed by atoms with van der Waals surface area (Å²) >= 11 is 0. The van der Waals surface area contributed by atoms with Gasteiger partial charge in [-0.2, -0.15) is 13.7 Å². The largest absolute Gasteiger partial charge is 0.451 e. The number of fused-ring (bicyclic) bond motifs is 2. The Hall–Kier alpha value is -3.61. The lowest BCUT2D eigenvalue weighted by atomic mass is 9.87. The van der Waals surface area contributed by atoms with Crippen LogP contribution in [0.3, 0.4) is 0 Å². The van der Waals surface area contributed by atoms with Gasteiger partial charge in [0.1, 0.15) is 0 Å². The molecule has 3 N–H and O–H groups in total. The number of hydrogen-bond acceptors (Lipinski definition) is 6. The van der Waals surface area contributed by atoms with Crippen LogP contribution in [0.1, 0.15) is 60.1 Å². The molecule has 1 heterocycles. The van der Waals surface area contributed by atoms with E-state index in [1.54, 1.807) is 6.07 Å². The number of urea groups is 1. The molecule has 3 aromatic rings. The van der Waals surface area contributed by atoms with Crippen LogP contribution in [0.5, 0.6) is 0 Å². The summed E-state index contributed by atoms with van der Waals surface area (Å²) in [6, 6.07) is 10.2. The number of rotatable bonds is 5. The summed E-state index contributed by atoms with van der Waals surface area (Å²) < 4.78 is 32.7. The quantitative estimate of drug-likeness (QED) is 0.467. The van der Waals surface area contributed by atoms with E-state index in [-0.39, 0.29) is 5.56 Å². The maximum absolute atomic E-state index is 12.9. The van der Waals surface area contributed by atoms with Gasteiger partial charge in [-0.1, -0.05) is 12.1 Å². The predicted molar refractivity (Wildman–Crippen MR) is 134 cm³/mol. The van der Waals surface area contributed by atoms with Crippen molar-refractivity contribution in [3.8, 4) is 17.2 Å². The lowest BCUT2D eigenvalue weighted by Crippen LogP contribution is -2.34. The maximum atomic E-state index is 12.9. The lowest BCUT2D eigenvalue weighted by molar-refractivity contribution is 0.0779. The number of sulfonamides is 1. The minimum Gasteiger partial charge on any atom is -0.451 e. The highest BCUT2D eigenvalue weighted by Crippen LogP contribution is 2.46. The summed E-state index contributed by atoms with van der Waals surface area (Å²) in [5, 5.41) is 21.9. The van der Waals surface area contributed by atoms with E-state index in [0.29, 0.717) is 11.3 Å². The topological polar surface area (TPSA) is 132 Å². The van der Waals surface area contributed by atoms with Crippen LogP contribution in [0.15, 0.2) is 46.1 Å². The molecule has 0 saturated heterocycles. The first kappa shape index (κ1) is 24.1. The summed E-state index contributed by atoms with van der Waals surface area (Å²) in [7, 11) is -4.28. The molecule has 2 aliphatic rings. The standard InChI is InChI=1S/C27H27N3O5S/c1-27(2,32)18-13-23(35-15-18)36(33,34)30-26(31)29-25-21-10-4-8-19(21)24(20-9-5-11-22(20)25)17-7-3-6-16(12-17)14-28/h3,6-7,12-13,15,32H,4-5,8-11H2,1-2H3,(H2,29,30,31). The Kier molecular flexibility index (Phi) is 5.89. The smallest absolute Gasteiger partial charge is 0.333 e. The second-order valence-corrected chi connectivity index (χ2v) is 11.5. The molecular weight excluding hydrogens is 478 g/mol. The van der Waals surface area contributed by atoms with Crippen molar-refractivity contribution in [2.45, 2.75) is 63.1 Å². The van der Waals surface area contributed by atoms with Crippen molar-refractivity contribution in [2.75, 3.05) is 5.32 Å². The molecule has 0 bridgehead atoms. The first-order valence-electron chi connectivity index (χ1n) is 11.9. The summed E-state index contributed by atoms with van der Waals surface area (Å²) in [5.74, 6) is 0. The van der Waals surface area contributed by atoms with Gasteiger partial charge in [0.25, 0.3) is 10.0 Å². The van der Waals surface area contributed by atoms with E-state index in [4.69, 9.17) is 4.42 Å². The zero-order chi connectivity index (χ0) is 25.7. The average molecular weight is 506 g/mol. The zero-order valence-electron chi connectivity index (χ0n) is 20.1. The average Bonchev–Trinajstić information content (AvgIpc) is 3.58. The highest BCUT2D eigenvalue weighted by atomic mass is 32.2. The first-order chi connectivity index (χ1) is 17.1. The molecule has 186 valence electrons. The van der Waals surface area contributed by atoms with Crippen molar-refractivity contribution < 1.29 is 22.7 Å². The van der Waals surface area contributed by atoms with Crippen LogP contribution in [0.4, 0.5) is 10.5 Å². The van der Waals surface area contributed by atoms with E-state index in [9.17, 15) is 23.6 Å². The molecule has 2 aliphatic carbocycles. The number of nitrogens with one attached hydrogen (secondary N) is 2. The number of nitriles is 1. The third kappa shape index (κ3) is 4.27. The van der Waals surface area contributed by atoms with Gasteiger partial charge in [-0.25, -0.2) is 9.52 Å². The fourth-order valence-electron chi connectivity index (χ4n) is 5.29. The number of benzene rings is 2. The van der Waals surface area contributed by atoms with Crippen molar-refractivity contribution in [2.24, 2.45) is 0 Å². The molecule has 8 nitrogen and oxygen atoms in total. The van der Waals surface area contributed by atoms with E-state index >= 15 is 0 Å². The fourth-order valence-corrected chi connectivity index (χ4v) is 6.14. The SMILES string of the molecule is CC(C)(O)c1coc(S(=O)(=O)NC(=O)Nc2c3c(c(-c4cccc(C#N)c4)c4c2CCC4)CCC3)c1. The summed E-state index contributed by atoms with van der Waals surface area (Å²) in [6.45, 7) is 3.02. The van der Waals surface area contributed by atoms with Crippen LogP contribution < -0.4 is 10.0 Å². The Labute approximate surface area is 210 Å². The van der Waals surface area contributed by atoms with Crippen LogP contribution in [-0.2, 0) is 41.3 Å². The highest BCUT2D eigenvalue weighted by molar-refractivity contribution is 7.89. The monoisotopic (exact) mass is 505 g/mol. The summed E-state index contributed by atoms with van der Waals surface area (Å²) in [4.78, 5) is 12.9. The minimum atomic E-state index is -4.28. The van der Waals surface area contributed by atoms with Gasteiger partial charge in [-0.3, -0.25) is 0 Å². The Morgan fingerprint density at radius 3 is 2.28 bits per heavy atom. The minimum absolute atomic E-state index is 0.287. The van der Waals surface area contributed by atoms with Crippen LogP contribution in [0, 0.1) is 11.3 Å². The Bertz CT molecular complexity index is 1490. The fraction of sp³-hybridized carbons (Fsp3) is 0.333. The molecule has 0 fully saturated rings. The van der Waals surface area contributed by atoms with Gasteiger partial charge in [0, 0.05) is 17.3 Å². The molecule has 0 saturated carbocycles. The van der Waals surface area contributed by atoms with Crippen LogP contribution in [0.25, 0.3) is 11.1 Å². The number of anilines is 1. The maximum Gasteiger partial charge on any atom is 0.333 e. The second kappa shape index (κ2) is 8.80. The van der Waals surface area contributed by atoms with Gasteiger partial charge in [0.05, 0.1) is 23.5 Å². The van der Waals surface area contributed by atoms with Gasteiger partial charge in [0.2, 0.25) is 5.09 Å². The number of aliphatic hydroxyl groups is 1. The van der Waals surface area contributed by atoms with Crippen molar-refractivity contribution in [1.29, 1.82) is 5.26 Å². The van der Waals surface area contributed by atoms with Gasteiger partial charge in [-0.05, 0) is 97.9 Å². The predicted octanol–water partition coefficient (Wildman–Crippen LogP) is 4.53. The second-order valence-electron chi connectivity index (χ2n) is 9.84. The molecule has 0 unspecified atom stereocenters. The molecule has 36 heavy (non-hydrogen) atoms. The molecule has 9 heteroatoms. The normalized spacial score (nSPS) is 14.7. The molecule has 5 rings (SSSR count). The number of furan rings is 1. The van der Waals surface area contributed by atoms with E-state index in [2.05, 4.69) is 11.4 Å². The highest BCUT2D eigenvalue weighted by Gasteiger charge is 2.31. The van der Waals surface area contributed by atoms with Gasteiger partial charge < -0.3 is 14.8 Å². The third-order valence-corrected chi connectivity index (χ3v) is 8.13. The zero-order valence-corrected chi connectivity index (χ0v) is 21.0. The molecule has 2 aromatic carbocycles. The summed E-state index contributed by atoms with van der Waals surface area (Å²) in [5.41, 5.74) is 6.83. The molecule has 0 spiro atoms. The molecule has 2 amide bonds. The van der Waals surface area contributed by atoms with Crippen LogP contribution >= 0.6 is 0 Å². The van der Waals surface area contributed by atoms with Crippen molar-refractivity contribution in [3.05, 3.63) is 70.0 Å². The lowest BCUT2D eigenvalue weighted by Gasteiger charge is -2.21. The van der Waals surface area contributed by atoms with Crippen LogP contribution in [0.2, 0.25) is 0 Å². The van der Waals surface area contributed by atoms with Crippen molar-refractivity contribution in [3.63, 3.8) is 0 Å². The number of amides is 2. The third-order valence-electron chi connectivity index (χ3n) is 6.94. The number of nitrogens with zero attached hydrogens (tertiary/aromatic N) is 1. The van der Waals surface area contributed by atoms with E-state index in [1.165, 1.54) is 19.9 Å². The Balaban J connectivity index is 1.49. The molecule has 0 aliphatic heterocycles. The van der Waals surface area contributed by atoms with Gasteiger partial charge >= 0.3 is 6.03 Å². The molecule has 0 atom stereocenters. The number of hydrogen-bond donors (Lipinski definition) is 3. The first-order valence-corrected chi connectivity index (χ1v) is 13.4.